The molecule has 1 nitrogen and oxygen atoms in total. The molecule has 0 aromatic heterocycles. The highest BCUT2D eigenvalue weighted by Crippen LogP contribution is 2.27. The van der Waals surface area contributed by atoms with Crippen molar-refractivity contribution in [1.82, 2.24) is 0 Å². The molecule has 1 aliphatic carbocycles. The molecule has 0 heterocycles. The van der Waals surface area contributed by atoms with Crippen molar-refractivity contribution >= 4 is 23.2 Å². The summed E-state index contributed by atoms with van der Waals surface area (Å²) < 4.78 is 0. The largest absolute Gasteiger partial charge is 0.323 e. The zero-order valence-corrected chi connectivity index (χ0v) is 7.15. The van der Waals surface area contributed by atoms with Crippen LogP contribution in [0.3, 0.4) is 0 Å². The average Bonchev–Trinajstić information content (AvgIpc) is 1.78. The van der Waals surface area contributed by atoms with Gasteiger partial charge in [0, 0.05) is 11.1 Å². The molecule has 0 aliphatic heterocycles. The SMILES string of the molecule is CC1(Cl)C=C(Cl)C=CC1N. The molecule has 2 unspecified atom stereocenters. The molecule has 0 saturated heterocycles. The molecule has 0 bridgehead atoms. The van der Waals surface area contributed by atoms with Gasteiger partial charge in [0.15, 0.2) is 0 Å². The van der Waals surface area contributed by atoms with Gasteiger partial charge in [-0.2, -0.15) is 0 Å². The Labute approximate surface area is 70.5 Å². The smallest absolute Gasteiger partial charge is 0.0801 e. The van der Waals surface area contributed by atoms with Crippen molar-refractivity contribution in [3.63, 3.8) is 0 Å². The molecular weight excluding hydrogens is 169 g/mol. The number of allylic oxidation sites excluding steroid dienone is 2. The minimum atomic E-state index is -0.522. The Hall–Kier alpha value is 0.0200. The molecule has 0 fully saturated rings. The predicted octanol–water partition coefficient (Wildman–Crippen LogP) is 2.00. The number of hydrogen-bond acceptors (Lipinski definition) is 1. The second kappa shape index (κ2) is 2.57. The van der Waals surface area contributed by atoms with Crippen molar-refractivity contribution in [2.75, 3.05) is 0 Å². The lowest BCUT2D eigenvalue weighted by Crippen LogP contribution is -2.39. The Morgan fingerprint density at radius 1 is 1.70 bits per heavy atom. The highest BCUT2D eigenvalue weighted by molar-refractivity contribution is 6.33. The maximum absolute atomic E-state index is 5.98. The Morgan fingerprint density at radius 3 is 2.70 bits per heavy atom. The first-order chi connectivity index (χ1) is 4.52. The standard InChI is InChI=1S/C7H9Cl2N/c1-7(9)4-5(8)2-3-6(7)10/h2-4,6H,10H2,1H3. The molecule has 0 aromatic rings. The molecule has 56 valence electrons. The highest BCUT2D eigenvalue weighted by atomic mass is 35.5. The summed E-state index contributed by atoms with van der Waals surface area (Å²) in [4.78, 5) is -0.522. The Morgan fingerprint density at radius 2 is 2.30 bits per heavy atom. The monoisotopic (exact) mass is 177 g/mol. The first-order valence-electron chi connectivity index (χ1n) is 3.03. The van der Waals surface area contributed by atoms with Gasteiger partial charge in [0.05, 0.1) is 4.87 Å². The number of hydrogen-bond donors (Lipinski definition) is 1. The lowest BCUT2D eigenvalue weighted by molar-refractivity contribution is 0.661. The van der Waals surface area contributed by atoms with Crippen LogP contribution >= 0.6 is 23.2 Å². The minimum Gasteiger partial charge on any atom is -0.323 e. The van der Waals surface area contributed by atoms with E-state index in [4.69, 9.17) is 28.9 Å². The topological polar surface area (TPSA) is 26.0 Å². The van der Waals surface area contributed by atoms with Crippen molar-refractivity contribution < 1.29 is 0 Å². The molecule has 0 saturated carbocycles. The van der Waals surface area contributed by atoms with E-state index in [2.05, 4.69) is 0 Å². The van der Waals surface area contributed by atoms with E-state index in [-0.39, 0.29) is 6.04 Å². The highest BCUT2D eigenvalue weighted by Gasteiger charge is 2.27. The van der Waals surface area contributed by atoms with E-state index < -0.39 is 4.87 Å². The number of rotatable bonds is 0. The van der Waals surface area contributed by atoms with Crippen LogP contribution in [0.2, 0.25) is 0 Å². The first kappa shape index (κ1) is 8.12. The summed E-state index contributed by atoms with van der Waals surface area (Å²) in [6.45, 7) is 1.84. The van der Waals surface area contributed by atoms with E-state index in [0.717, 1.165) is 0 Å². The molecule has 2 N–H and O–H groups in total. The molecule has 3 heteroatoms. The van der Waals surface area contributed by atoms with Gasteiger partial charge in [-0.05, 0) is 19.1 Å². The van der Waals surface area contributed by atoms with E-state index in [1.54, 1.807) is 18.2 Å². The third-order valence-corrected chi connectivity index (χ3v) is 2.13. The van der Waals surface area contributed by atoms with Gasteiger partial charge in [0.25, 0.3) is 0 Å². The fourth-order valence-electron chi connectivity index (χ4n) is 0.798. The third-order valence-electron chi connectivity index (χ3n) is 1.53. The lowest BCUT2D eigenvalue weighted by atomic mass is 9.97. The van der Waals surface area contributed by atoms with E-state index in [1.165, 1.54) is 0 Å². The summed E-state index contributed by atoms with van der Waals surface area (Å²) in [5.41, 5.74) is 5.65. The van der Waals surface area contributed by atoms with Crippen LogP contribution in [-0.4, -0.2) is 10.9 Å². The average molecular weight is 178 g/mol. The van der Waals surface area contributed by atoms with Crippen LogP contribution in [0.1, 0.15) is 6.92 Å². The van der Waals surface area contributed by atoms with E-state index in [9.17, 15) is 0 Å². The van der Waals surface area contributed by atoms with Crippen LogP contribution in [0.5, 0.6) is 0 Å². The van der Waals surface area contributed by atoms with Gasteiger partial charge in [0.1, 0.15) is 0 Å². The lowest BCUT2D eigenvalue weighted by Gasteiger charge is -2.26. The normalized spacial score (nSPS) is 39.6. The Bertz CT molecular complexity index is 194. The molecular formula is C7H9Cl2N. The van der Waals surface area contributed by atoms with Gasteiger partial charge in [-0.25, -0.2) is 0 Å². The maximum Gasteiger partial charge on any atom is 0.0801 e. The molecule has 10 heavy (non-hydrogen) atoms. The van der Waals surface area contributed by atoms with Gasteiger partial charge in [-0.3, -0.25) is 0 Å². The molecule has 0 aromatic carbocycles. The molecule has 0 amide bonds. The van der Waals surface area contributed by atoms with Crippen LogP contribution < -0.4 is 5.73 Å². The van der Waals surface area contributed by atoms with Gasteiger partial charge in [-0.1, -0.05) is 17.7 Å². The second-order valence-corrected chi connectivity index (χ2v) is 3.82. The summed E-state index contributed by atoms with van der Waals surface area (Å²) >= 11 is 11.7. The fourth-order valence-corrected chi connectivity index (χ4v) is 1.34. The van der Waals surface area contributed by atoms with Gasteiger partial charge >= 0.3 is 0 Å². The number of alkyl halides is 1. The van der Waals surface area contributed by atoms with E-state index in [0.29, 0.717) is 5.03 Å². The minimum absolute atomic E-state index is 0.142. The molecule has 0 radical (unpaired) electrons. The van der Waals surface area contributed by atoms with Crippen molar-refractivity contribution in [2.45, 2.75) is 17.8 Å². The van der Waals surface area contributed by atoms with Crippen LogP contribution in [0.4, 0.5) is 0 Å². The van der Waals surface area contributed by atoms with Gasteiger partial charge < -0.3 is 5.73 Å². The first-order valence-corrected chi connectivity index (χ1v) is 3.79. The molecule has 2 atom stereocenters. The summed E-state index contributed by atoms with van der Waals surface area (Å²) in [5.74, 6) is 0. The van der Waals surface area contributed by atoms with Crippen LogP contribution in [-0.2, 0) is 0 Å². The van der Waals surface area contributed by atoms with Gasteiger partial charge in [-0.15, -0.1) is 11.6 Å². The van der Waals surface area contributed by atoms with Crippen LogP contribution in [0, 0.1) is 0 Å². The second-order valence-electron chi connectivity index (χ2n) is 2.57. The quantitative estimate of drug-likeness (QED) is 0.564. The van der Waals surface area contributed by atoms with Crippen LogP contribution in [0.25, 0.3) is 0 Å². The van der Waals surface area contributed by atoms with E-state index in [1.807, 2.05) is 6.92 Å². The van der Waals surface area contributed by atoms with E-state index >= 15 is 0 Å². The zero-order chi connectivity index (χ0) is 7.78. The maximum atomic E-state index is 5.98. The summed E-state index contributed by atoms with van der Waals surface area (Å²) in [6, 6.07) is -0.142. The predicted molar refractivity (Wildman–Crippen MR) is 45.3 cm³/mol. The molecule has 0 spiro atoms. The fraction of sp³-hybridized carbons (Fsp3) is 0.429. The number of halogens is 2. The Kier molecular flexibility index (Phi) is 2.09. The Balaban J connectivity index is 2.88. The van der Waals surface area contributed by atoms with Crippen LogP contribution in [0.15, 0.2) is 23.3 Å². The van der Waals surface area contributed by atoms with Gasteiger partial charge in [0.2, 0.25) is 0 Å². The third kappa shape index (κ3) is 1.54. The molecule has 1 rings (SSSR count). The summed E-state index contributed by atoms with van der Waals surface area (Å²) in [7, 11) is 0. The number of nitrogens with two attached hydrogens (primary N) is 1. The van der Waals surface area contributed by atoms with Crippen molar-refractivity contribution in [1.29, 1.82) is 0 Å². The van der Waals surface area contributed by atoms with Crippen molar-refractivity contribution in [3.8, 4) is 0 Å². The summed E-state index contributed by atoms with van der Waals surface area (Å²) in [5, 5.41) is 0.652. The molecule has 1 aliphatic rings. The van der Waals surface area contributed by atoms with Crippen molar-refractivity contribution in [2.24, 2.45) is 5.73 Å². The summed E-state index contributed by atoms with van der Waals surface area (Å²) in [6.07, 6.45) is 5.31. The van der Waals surface area contributed by atoms with Crippen molar-refractivity contribution in [3.05, 3.63) is 23.3 Å². The zero-order valence-electron chi connectivity index (χ0n) is 5.64.